The van der Waals surface area contributed by atoms with Crippen LogP contribution < -0.4 is 5.32 Å². The number of hydrogen-bond donors (Lipinski definition) is 2. The van der Waals surface area contributed by atoms with Gasteiger partial charge in [-0.15, -0.1) is 0 Å². The van der Waals surface area contributed by atoms with Gasteiger partial charge in [0.15, 0.2) is 0 Å². The minimum atomic E-state index is -0.0222. The summed E-state index contributed by atoms with van der Waals surface area (Å²) in [6, 6.07) is 0. The number of nitrogens with zero attached hydrogens (tertiary/aromatic N) is 2. The Morgan fingerprint density at radius 2 is 2.40 bits per heavy atom. The molecule has 0 bridgehead atoms. The zero-order valence-corrected chi connectivity index (χ0v) is 12.0. The number of carbonyl (C=O) groups is 2. The Labute approximate surface area is 121 Å². The molecule has 2 N–H and O–H groups in total. The molecule has 0 radical (unpaired) electrons. The molecule has 1 aromatic rings. The van der Waals surface area contributed by atoms with Crippen LogP contribution in [0.4, 0.5) is 4.79 Å². The average molecular weight is 294 g/mol. The van der Waals surface area contributed by atoms with Crippen molar-refractivity contribution >= 4 is 22.9 Å². The van der Waals surface area contributed by atoms with E-state index in [4.69, 9.17) is 0 Å². The van der Waals surface area contributed by atoms with Crippen LogP contribution in [0.25, 0.3) is 0 Å². The van der Waals surface area contributed by atoms with E-state index in [1.165, 1.54) is 30.2 Å². The van der Waals surface area contributed by atoms with Gasteiger partial charge in [0.25, 0.3) is 5.24 Å². The number of rotatable bonds is 6. The number of H-pyrrole nitrogens is 1. The molecule has 7 heteroatoms. The van der Waals surface area contributed by atoms with E-state index in [0.29, 0.717) is 25.4 Å². The van der Waals surface area contributed by atoms with Crippen molar-refractivity contribution in [2.75, 3.05) is 18.8 Å². The van der Waals surface area contributed by atoms with Crippen molar-refractivity contribution < 1.29 is 9.59 Å². The minimum absolute atomic E-state index is 0.0222. The predicted molar refractivity (Wildman–Crippen MR) is 76.5 cm³/mol. The van der Waals surface area contributed by atoms with Crippen molar-refractivity contribution in [3.8, 4) is 0 Å². The van der Waals surface area contributed by atoms with Crippen LogP contribution in [0.1, 0.15) is 36.4 Å². The van der Waals surface area contributed by atoms with Crippen LogP contribution in [0.2, 0.25) is 0 Å². The largest absolute Gasteiger partial charge is 0.350 e. The Morgan fingerprint density at radius 3 is 3.10 bits per heavy atom. The summed E-state index contributed by atoms with van der Waals surface area (Å²) < 4.78 is 0. The summed E-state index contributed by atoms with van der Waals surface area (Å²) in [5.74, 6) is 1.44. The predicted octanol–water partition coefficient (Wildman–Crippen LogP) is 1.46. The maximum absolute atomic E-state index is 11.8. The molecule has 1 aliphatic carbocycles. The molecule has 1 aromatic heterocycles. The highest BCUT2D eigenvalue weighted by atomic mass is 32.2. The molecular weight excluding hydrogens is 276 g/mol. The van der Waals surface area contributed by atoms with Gasteiger partial charge in [0.05, 0.1) is 18.4 Å². The van der Waals surface area contributed by atoms with E-state index in [0.717, 1.165) is 18.0 Å². The Morgan fingerprint density at radius 1 is 1.55 bits per heavy atom. The molecule has 2 amide bonds. The zero-order chi connectivity index (χ0) is 13.9. The number of aromatic amines is 1. The molecule has 20 heavy (non-hydrogen) atoms. The summed E-state index contributed by atoms with van der Waals surface area (Å²) in [4.78, 5) is 24.9. The summed E-state index contributed by atoms with van der Waals surface area (Å²) >= 11 is 1.32. The molecule has 0 aromatic carbocycles. The Hall–Kier alpha value is -1.50. The fraction of sp³-hybridized carbons (Fsp3) is 0.615. The maximum Gasteiger partial charge on any atom is 0.281 e. The first-order chi connectivity index (χ1) is 9.74. The smallest absolute Gasteiger partial charge is 0.281 e. The molecule has 6 nitrogen and oxygen atoms in total. The van der Waals surface area contributed by atoms with E-state index in [1.54, 1.807) is 4.90 Å². The average Bonchev–Trinajstić information content (AvgIpc) is 3.04. The zero-order valence-electron chi connectivity index (χ0n) is 11.2. The topological polar surface area (TPSA) is 78.1 Å². The van der Waals surface area contributed by atoms with Crippen molar-refractivity contribution in [3.05, 3.63) is 17.5 Å². The molecule has 1 aliphatic heterocycles. The molecule has 2 heterocycles. The molecular formula is C13H18N4O2S. The number of amides is 2. The lowest BCUT2D eigenvalue weighted by Crippen LogP contribution is -2.30. The van der Waals surface area contributed by atoms with E-state index in [1.807, 2.05) is 6.20 Å². The van der Waals surface area contributed by atoms with Gasteiger partial charge in [-0.3, -0.25) is 14.7 Å². The molecule has 2 aliphatic rings. The van der Waals surface area contributed by atoms with Crippen molar-refractivity contribution in [3.63, 3.8) is 0 Å². The van der Waals surface area contributed by atoms with Gasteiger partial charge in [-0.2, -0.15) is 5.10 Å². The quantitative estimate of drug-likeness (QED) is 0.832. The molecule has 0 spiro atoms. The first kappa shape index (κ1) is 13.5. The van der Waals surface area contributed by atoms with Crippen molar-refractivity contribution in [1.82, 2.24) is 20.4 Å². The van der Waals surface area contributed by atoms with Crippen LogP contribution in [-0.2, 0) is 11.3 Å². The van der Waals surface area contributed by atoms with Crippen molar-refractivity contribution in [1.29, 1.82) is 0 Å². The highest BCUT2D eigenvalue weighted by Crippen LogP contribution is 2.40. The van der Waals surface area contributed by atoms with Gasteiger partial charge in [-0.05, 0) is 24.3 Å². The lowest BCUT2D eigenvalue weighted by molar-refractivity contribution is -0.121. The van der Waals surface area contributed by atoms with Gasteiger partial charge >= 0.3 is 0 Å². The number of aromatic nitrogens is 2. The summed E-state index contributed by atoms with van der Waals surface area (Å²) in [6.45, 7) is 1.76. The van der Waals surface area contributed by atoms with E-state index < -0.39 is 0 Å². The number of thioether (sulfide) groups is 1. The summed E-state index contributed by atoms with van der Waals surface area (Å²) in [7, 11) is 0. The second-order valence-electron chi connectivity index (χ2n) is 5.21. The second kappa shape index (κ2) is 5.87. The van der Waals surface area contributed by atoms with Crippen LogP contribution >= 0.6 is 11.8 Å². The molecule has 1 saturated heterocycles. The molecule has 0 atom stereocenters. The van der Waals surface area contributed by atoms with Crippen LogP contribution in [0.15, 0.2) is 6.20 Å². The van der Waals surface area contributed by atoms with E-state index in [2.05, 4.69) is 15.5 Å². The third-order valence-corrected chi connectivity index (χ3v) is 4.58. The fourth-order valence-corrected chi connectivity index (χ4v) is 3.20. The van der Waals surface area contributed by atoms with Crippen LogP contribution in [-0.4, -0.2) is 45.1 Å². The number of nitrogens with one attached hydrogen (secondary N) is 2. The van der Waals surface area contributed by atoms with Gasteiger partial charge < -0.3 is 10.2 Å². The van der Waals surface area contributed by atoms with Crippen LogP contribution in [0.5, 0.6) is 0 Å². The Balaban J connectivity index is 1.42. The standard InChI is InChI=1S/C13H18N4O2S/c18-12(3-4-17-5-6-20-13(17)19)14-8-11-10(7-15-16-11)9-1-2-9/h7,9H,1-6,8H2,(H,14,18)(H,15,16). The van der Waals surface area contributed by atoms with E-state index in [-0.39, 0.29) is 11.1 Å². The molecule has 0 unspecified atom stereocenters. The van der Waals surface area contributed by atoms with E-state index in [9.17, 15) is 9.59 Å². The highest BCUT2D eigenvalue weighted by molar-refractivity contribution is 8.13. The van der Waals surface area contributed by atoms with Gasteiger partial charge in [-0.25, -0.2) is 0 Å². The summed E-state index contributed by atoms with van der Waals surface area (Å²) in [5, 5.41) is 9.98. The van der Waals surface area contributed by atoms with Crippen LogP contribution in [0, 0.1) is 0 Å². The highest BCUT2D eigenvalue weighted by Gasteiger charge is 2.27. The van der Waals surface area contributed by atoms with E-state index >= 15 is 0 Å². The SMILES string of the molecule is O=C(CCN1CCSC1=O)NCc1[nH]ncc1C1CC1. The summed E-state index contributed by atoms with van der Waals surface area (Å²) in [6.07, 6.45) is 4.66. The number of carbonyl (C=O) groups excluding carboxylic acids is 2. The minimum Gasteiger partial charge on any atom is -0.350 e. The van der Waals surface area contributed by atoms with Gasteiger partial charge in [0, 0.05) is 25.3 Å². The fourth-order valence-electron chi connectivity index (χ4n) is 2.35. The lowest BCUT2D eigenvalue weighted by atomic mass is 10.1. The molecule has 2 fully saturated rings. The lowest BCUT2D eigenvalue weighted by Gasteiger charge is -2.13. The first-order valence-corrected chi connectivity index (χ1v) is 7.93. The van der Waals surface area contributed by atoms with Gasteiger partial charge in [-0.1, -0.05) is 11.8 Å². The third kappa shape index (κ3) is 3.15. The monoisotopic (exact) mass is 294 g/mol. The maximum atomic E-state index is 11.8. The van der Waals surface area contributed by atoms with Gasteiger partial charge in [0.1, 0.15) is 0 Å². The van der Waals surface area contributed by atoms with Crippen molar-refractivity contribution in [2.24, 2.45) is 0 Å². The van der Waals surface area contributed by atoms with Crippen molar-refractivity contribution in [2.45, 2.75) is 31.7 Å². The van der Waals surface area contributed by atoms with Gasteiger partial charge in [0.2, 0.25) is 5.91 Å². The second-order valence-corrected chi connectivity index (χ2v) is 6.25. The molecule has 108 valence electrons. The molecule has 3 rings (SSSR count). The normalized spacial score (nSPS) is 18.6. The summed E-state index contributed by atoms with van der Waals surface area (Å²) in [5.41, 5.74) is 2.24. The first-order valence-electron chi connectivity index (χ1n) is 6.94. The third-order valence-electron chi connectivity index (χ3n) is 3.68. The Bertz CT molecular complexity index is 512. The Kier molecular flexibility index (Phi) is 3.95. The van der Waals surface area contributed by atoms with Crippen LogP contribution in [0.3, 0.4) is 0 Å². The molecule has 1 saturated carbocycles. The number of hydrogen-bond acceptors (Lipinski definition) is 4.